The first-order valence-electron chi connectivity index (χ1n) is 12.9. The molecule has 0 bridgehead atoms. The summed E-state index contributed by atoms with van der Waals surface area (Å²) in [5.41, 5.74) is 1.63. The minimum absolute atomic E-state index is 0.0102. The molecule has 0 aliphatic rings. The summed E-state index contributed by atoms with van der Waals surface area (Å²) in [6.45, 7) is 5.13. The third-order valence-corrected chi connectivity index (χ3v) is 5.63. The number of nitrogens with zero attached hydrogens (tertiary/aromatic N) is 4. The molecule has 0 atom stereocenters. The van der Waals surface area contributed by atoms with Gasteiger partial charge in [0.15, 0.2) is 6.10 Å². The molecule has 4 N–H and O–H groups in total. The summed E-state index contributed by atoms with van der Waals surface area (Å²) in [5.74, 6) is -0.181. The normalized spacial score (nSPS) is 11.8. The molecular formula is C31H28N4O8. The maximum atomic E-state index is 12.2. The Balaban J connectivity index is 1.33. The van der Waals surface area contributed by atoms with Gasteiger partial charge in [-0.1, -0.05) is 6.58 Å². The van der Waals surface area contributed by atoms with Crippen molar-refractivity contribution in [3.05, 3.63) is 97.1 Å². The largest absolute Gasteiger partial charge is 0.508 e. The molecule has 4 rings (SSSR count). The highest BCUT2D eigenvalue weighted by Gasteiger charge is 2.17. The molecule has 0 aliphatic carbocycles. The number of phenolic OH excluding ortho intramolecular Hbond substituents is 4. The fraction of sp³-hybridized carbons (Fsp3) is 0.129. The Bertz CT molecular complexity index is 1530. The van der Waals surface area contributed by atoms with E-state index < -0.39 is 12.1 Å². The molecule has 12 nitrogen and oxygen atoms in total. The number of carbonyl (C=O) groups excluding carboxylic acids is 1. The molecule has 0 aliphatic heterocycles. The molecule has 0 unspecified atom stereocenters. The van der Waals surface area contributed by atoms with Gasteiger partial charge in [-0.25, -0.2) is 4.79 Å². The van der Waals surface area contributed by atoms with Crippen LogP contribution in [0.2, 0.25) is 0 Å². The second-order valence-electron chi connectivity index (χ2n) is 9.16. The predicted molar refractivity (Wildman–Crippen MR) is 156 cm³/mol. The first-order chi connectivity index (χ1) is 20.7. The lowest BCUT2D eigenvalue weighted by Gasteiger charge is -2.19. The summed E-state index contributed by atoms with van der Waals surface area (Å²) in [6.07, 6.45) is -0.766. The Morgan fingerprint density at radius 1 is 0.674 bits per heavy atom. The van der Waals surface area contributed by atoms with Gasteiger partial charge in [-0.2, -0.15) is 10.2 Å². The molecular weight excluding hydrogens is 556 g/mol. The topological polar surface area (TPSA) is 175 Å². The van der Waals surface area contributed by atoms with E-state index in [1.165, 1.54) is 43.3 Å². The van der Waals surface area contributed by atoms with Crippen LogP contribution in [0.1, 0.15) is 6.92 Å². The Kier molecular flexibility index (Phi) is 9.87. The van der Waals surface area contributed by atoms with E-state index in [-0.39, 0.29) is 53.2 Å². The second kappa shape index (κ2) is 14.1. The lowest BCUT2D eigenvalue weighted by Crippen LogP contribution is -2.31. The average Bonchev–Trinajstić information content (AvgIpc) is 2.98. The molecule has 0 aromatic heterocycles. The molecule has 0 heterocycles. The van der Waals surface area contributed by atoms with E-state index in [1.54, 1.807) is 48.5 Å². The maximum Gasteiger partial charge on any atom is 0.333 e. The van der Waals surface area contributed by atoms with Gasteiger partial charge in [-0.05, 0) is 79.7 Å². The van der Waals surface area contributed by atoms with Crippen molar-refractivity contribution in [3.8, 4) is 34.5 Å². The Hall–Kier alpha value is -5.91. The monoisotopic (exact) mass is 584 g/mol. The van der Waals surface area contributed by atoms with E-state index in [2.05, 4.69) is 27.0 Å². The number of esters is 1. The van der Waals surface area contributed by atoms with Crippen molar-refractivity contribution in [3.63, 3.8) is 0 Å². The van der Waals surface area contributed by atoms with E-state index in [0.717, 1.165) is 0 Å². The zero-order chi connectivity index (χ0) is 30.8. The van der Waals surface area contributed by atoms with Crippen molar-refractivity contribution in [2.75, 3.05) is 13.2 Å². The Morgan fingerprint density at radius 2 is 1.09 bits per heavy atom. The van der Waals surface area contributed by atoms with Gasteiger partial charge in [0.1, 0.15) is 59.1 Å². The van der Waals surface area contributed by atoms with Crippen molar-refractivity contribution in [1.29, 1.82) is 0 Å². The summed E-state index contributed by atoms with van der Waals surface area (Å²) in [6, 6.07) is 21.3. The van der Waals surface area contributed by atoms with Gasteiger partial charge in [0, 0.05) is 17.7 Å². The molecule has 43 heavy (non-hydrogen) atoms. The average molecular weight is 585 g/mol. The second-order valence-corrected chi connectivity index (χ2v) is 9.16. The lowest BCUT2D eigenvalue weighted by molar-refractivity contribution is -0.147. The van der Waals surface area contributed by atoms with Gasteiger partial charge >= 0.3 is 5.97 Å². The van der Waals surface area contributed by atoms with Gasteiger partial charge in [-0.3, -0.25) is 0 Å². The quantitative estimate of drug-likeness (QED) is 0.0762. The van der Waals surface area contributed by atoms with Crippen molar-refractivity contribution in [2.24, 2.45) is 20.5 Å². The number of hydrogen-bond acceptors (Lipinski definition) is 12. The van der Waals surface area contributed by atoms with Crippen LogP contribution in [0.25, 0.3) is 0 Å². The van der Waals surface area contributed by atoms with Crippen LogP contribution in [-0.2, 0) is 9.53 Å². The molecule has 0 saturated heterocycles. The minimum Gasteiger partial charge on any atom is -0.508 e. The molecule has 0 fully saturated rings. The van der Waals surface area contributed by atoms with Crippen LogP contribution in [0.3, 0.4) is 0 Å². The van der Waals surface area contributed by atoms with Crippen molar-refractivity contribution in [1.82, 2.24) is 0 Å². The van der Waals surface area contributed by atoms with Crippen LogP contribution in [0.15, 0.2) is 118 Å². The lowest BCUT2D eigenvalue weighted by atomic mass is 10.3. The summed E-state index contributed by atoms with van der Waals surface area (Å²) >= 11 is 0. The van der Waals surface area contributed by atoms with Gasteiger partial charge in [-0.15, -0.1) is 10.2 Å². The molecule has 0 saturated carbocycles. The van der Waals surface area contributed by atoms with Crippen molar-refractivity contribution < 1.29 is 39.4 Å². The van der Waals surface area contributed by atoms with Crippen LogP contribution in [-0.4, -0.2) is 45.7 Å². The zero-order valence-electron chi connectivity index (χ0n) is 23.0. The third kappa shape index (κ3) is 9.05. The van der Waals surface area contributed by atoms with E-state index >= 15 is 0 Å². The van der Waals surface area contributed by atoms with Crippen LogP contribution in [0, 0.1) is 0 Å². The van der Waals surface area contributed by atoms with Gasteiger partial charge in [0.05, 0.1) is 11.4 Å². The standard InChI is InChI=1S/C31H28N4O8/c1-19(2)31(40)43-26(17-41-24-9-3-20(4-10-24)32-34-27-13-7-22(36)15-29(27)38)18-42-25-11-5-21(6-12-25)33-35-28-14-8-23(37)16-30(28)39/h3-16,26,36-39H,1,17-18H2,2H3. The highest BCUT2D eigenvalue weighted by molar-refractivity contribution is 5.87. The number of azo groups is 2. The third-order valence-electron chi connectivity index (χ3n) is 5.63. The minimum atomic E-state index is -0.766. The highest BCUT2D eigenvalue weighted by Crippen LogP contribution is 2.32. The molecule has 0 spiro atoms. The number of benzene rings is 4. The first kappa shape index (κ1) is 30.1. The van der Waals surface area contributed by atoms with E-state index in [0.29, 0.717) is 22.9 Å². The molecule has 0 radical (unpaired) electrons. The molecule has 220 valence electrons. The maximum absolute atomic E-state index is 12.2. The van der Waals surface area contributed by atoms with Gasteiger partial charge < -0.3 is 34.6 Å². The SMILES string of the molecule is C=C(C)C(=O)OC(COc1ccc(N=Nc2ccc(O)cc2O)cc1)COc1ccc(N=Nc2ccc(O)cc2O)cc1. The molecule has 12 heteroatoms. The van der Waals surface area contributed by atoms with Crippen molar-refractivity contribution >= 4 is 28.7 Å². The number of aromatic hydroxyl groups is 4. The Morgan fingerprint density at radius 3 is 1.47 bits per heavy atom. The fourth-order valence-electron chi connectivity index (χ4n) is 3.38. The number of ether oxygens (including phenoxy) is 3. The van der Waals surface area contributed by atoms with Gasteiger partial charge in [0.25, 0.3) is 0 Å². The fourth-order valence-corrected chi connectivity index (χ4v) is 3.38. The molecule has 4 aromatic carbocycles. The van der Waals surface area contributed by atoms with E-state index in [9.17, 15) is 25.2 Å². The summed E-state index contributed by atoms with van der Waals surface area (Å²) < 4.78 is 17.1. The number of rotatable bonds is 12. The first-order valence-corrected chi connectivity index (χ1v) is 12.9. The molecule has 0 amide bonds. The number of hydrogen-bond donors (Lipinski definition) is 4. The van der Waals surface area contributed by atoms with Crippen LogP contribution >= 0.6 is 0 Å². The smallest absolute Gasteiger partial charge is 0.333 e. The summed E-state index contributed by atoms with van der Waals surface area (Å²) in [7, 11) is 0. The van der Waals surface area contributed by atoms with Crippen LogP contribution < -0.4 is 9.47 Å². The van der Waals surface area contributed by atoms with Crippen molar-refractivity contribution in [2.45, 2.75) is 13.0 Å². The van der Waals surface area contributed by atoms with Crippen LogP contribution in [0.4, 0.5) is 22.7 Å². The predicted octanol–water partition coefficient (Wildman–Crippen LogP) is 7.29. The number of phenols is 4. The summed E-state index contributed by atoms with van der Waals surface area (Å²) in [4.78, 5) is 12.2. The highest BCUT2D eigenvalue weighted by atomic mass is 16.6. The summed E-state index contributed by atoms with van der Waals surface area (Å²) in [5, 5.41) is 54.5. The van der Waals surface area contributed by atoms with Crippen LogP contribution in [0.5, 0.6) is 34.5 Å². The van der Waals surface area contributed by atoms with Gasteiger partial charge in [0.2, 0.25) is 0 Å². The zero-order valence-corrected chi connectivity index (χ0v) is 23.0. The Labute approximate surface area is 246 Å². The van der Waals surface area contributed by atoms with E-state index in [1.807, 2.05) is 0 Å². The van der Waals surface area contributed by atoms with E-state index in [4.69, 9.17) is 14.2 Å². The molecule has 4 aromatic rings. The number of carbonyl (C=O) groups is 1.